The first kappa shape index (κ1) is 31.2. The summed E-state index contributed by atoms with van der Waals surface area (Å²) in [7, 11) is 0.192. The lowest BCUT2D eigenvalue weighted by atomic mass is 10.4. The maximum absolute atomic E-state index is 11.5. The number of sulfonamides is 1. The van der Waals surface area contributed by atoms with Crippen LogP contribution in [-0.4, -0.2) is 51.1 Å². The molecule has 0 aliphatic rings. The molecule has 0 aliphatic heterocycles. The van der Waals surface area contributed by atoms with Gasteiger partial charge in [0, 0.05) is 37.2 Å². The number of nitrogens with two attached hydrogens (primary N) is 1. The molecule has 0 unspecified atom stereocenters. The van der Waals surface area contributed by atoms with Crippen LogP contribution in [0.2, 0.25) is 10.0 Å². The molecule has 0 fully saturated rings. The quantitative estimate of drug-likeness (QED) is 0.412. The first-order valence-electron chi connectivity index (χ1n) is 8.59. The summed E-state index contributed by atoms with van der Waals surface area (Å²) in [4.78, 5) is 22.3. The Morgan fingerprint density at radius 2 is 1.21 bits per heavy atom. The normalized spacial score (nSPS) is 11.2. The van der Waals surface area contributed by atoms with Crippen LogP contribution in [0, 0.1) is 0 Å². The van der Waals surface area contributed by atoms with Gasteiger partial charge in [-0.25, -0.2) is 31.6 Å². The minimum Gasteiger partial charge on any atom is -0.461 e. The Morgan fingerprint density at radius 1 is 0.879 bits per heavy atom. The van der Waals surface area contributed by atoms with Crippen LogP contribution in [0.3, 0.4) is 0 Å². The number of hydrogen-bond donors (Lipinski definition) is 1. The van der Waals surface area contributed by atoms with Gasteiger partial charge in [-0.05, 0) is 13.8 Å². The van der Waals surface area contributed by atoms with E-state index < -0.39 is 31.0 Å². The van der Waals surface area contributed by atoms with Crippen molar-refractivity contribution >= 4 is 64.9 Å². The predicted molar refractivity (Wildman–Crippen MR) is 124 cm³/mol. The van der Waals surface area contributed by atoms with E-state index in [-0.39, 0.29) is 51.9 Å². The largest absolute Gasteiger partial charge is 0.461 e. The fraction of sp³-hybridized carbons (Fsp3) is 0.412. The maximum atomic E-state index is 11.5. The second kappa shape index (κ2) is 12.1. The highest BCUT2D eigenvalue weighted by atomic mass is 35.7. The lowest BCUT2D eigenvalue weighted by Crippen LogP contribution is -2.12. The molecule has 0 bridgehead atoms. The molecule has 0 aromatic carbocycles. The first-order chi connectivity index (χ1) is 14.6. The van der Waals surface area contributed by atoms with E-state index in [1.54, 1.807) is 13.8 Å². The lowest BCUT2D eigenvalue weighted by molar-refractivity contribution is 0.0506. The Morgan fingerprint density at radius 3 is 1.45 bits per heavy atom. The Balaban J connectivity index is 0.000000602. The second-order valence-corrected chi connectivity index (χ2v) is 10.8. The molecule has 2 aromatic heterocycles. The van der Waals surface area contributed by atoms with Crippen molar-refractivity contribution in [3.63, 3.8) is 0 Å². The average molecular weight is 569 g/mol. The molecule has 0 spiro atoms. The summed E-state index contributed by atoms with van der Waals surface area (Å²) in [5, 5.41) is 4.49. The zero-order valence-corrected chi connectivity index (χ0v) is 21.2. The van der Waals surface area contributed by atoms with Crippen molar-refractivity contribution in [2.45, 2.75) is 31.1 Å². The van der Waals surface area contributed by atoms with Crippen LogP contribution >= 0.6 is 33.9 Å². The molecule has 2 heterocycles. The van der Waals surface area contributed by atoms with E-state index in [9.17, 15) is 26.4 Å². The summed E-state index contributed by atoms with van der Waals surface area (Å²) in [5.41, 5.74) is -0.0738. The van der Waals surface area contributed by atoms with Crippen molar-refractivity contribution in [1.29, 1.82) is 0 Å². The number of nitrogens with zero attached hydrogens (tertiary/aromatic N) is 2. The van der Waals surface area contributed by atoms with Gasteiger partial charge in [0.1, 0.15) is 21.2 Å². The van der Waals surface area contributed by atoms with Crippen molar-refractivity contribution < 1.29 is 35.9 Å². The summed E-state index contributed by atoms with van der Waals surface area (Å²) in [6, 6.07) is 0. The van der Waals surface area contributed by atoms with Crippen LogP contribution in [-0.2, 0) is 42.6 Å². The fourth-order valence-corrected chi connectivity index (χ4v) is 5.23. The van der Waals surface area contributed by atoms with Crippen molar-refractivity contribution in [1.82, 2.24) is 9.13 Å². The minimum absolute atomic E-state index is 0. The van der Waals surface area contributed by atoms with E-state index in [1.165, 1.54) is 29.4 Å². The first-order valence-corrected chi connectivity index (χ1v) is 13.2. The van der Waals surface area contributed by atoms with Crippen LogP contribution in [0.5, 0.6) is 0 Å². The molecule has 0 atom stereocenters. The van der Waals surface area contributed by atoms with Crippen LogP contribution < -0.4 is 5.14 Å². The second-order valence-electron chi connectivity index (χ2n) is 5.96. The lowest BCUT2D eigenvalue weighted by Gasteiger charge is -2.02. The monoisotopic (exact) mass is 567 g/mol. The highest BCUT2D eigenvalue weighted by Gasteiger charge is 2.26. The number of hydrogen-bond acceptors (Lipinski definition) is 8. The molecule has 33 heavy (non-hydrogen) atoms. The van der Waals surface area contributed by atoms with Gasteiger partial charge in [0.2, 0.25) is 10.0 Å². The van der Waals surface area contributed by atoms with E-state index in [1.807, 2.05) is 0 Å². The third-order valence-corrected chi connectivity index (χ3v) is 6.93. The third-order valence-electron chi connectivity index (χ3n) is 3.68. The van der Waals surface area contributed by atoms with Gasteiger partial charge >= 0.3 is 11.9 Å². The van der Waals surface area contributed by atoms with E-state index >= 15 is 0 Å². The van der Waals surface area contributed by atoms with Gasteiger partial charge in [0.25, 0.3) is 9.05 Å². The van der Waals surface area contributed by atoms with E-state index in [0.717, 1.165) is 6.20 Å². The van der Waals surface area contributed by atoms with Gasteiger partial charge in [0.05, 0.1) is 23.3 Å². The molecule has 0 saturated heterocycles. The molecule has 0 radical (unpaired) electrons. The molecule has 2 rings (SSSR count). The number of aryl methyl sites for hydroxylation is 2. The minimum atomic E-state index is -3.97. The Labute approximate surface area is 206 Å². The summed E-state index contributed by atoms with van der Waals surface area (Å²) >= 11 is 11.5. The number of ether oxygens (including phenoxy) is 2. The number of rotatable bonds is 6. The topological polar surface area (TPSA) is 157 Å². The number of aromatic nitrogens is 2. The number of primary sulfonamides is 1. The van der Waals surface area contributed by atoms with Gasteiger partial charge in [-0.2, -0.15) is 0 Å². The zero-order valence-electron chi connectivity index (χ0n) is 17.3. The summed E-state index contributed by atoms with van der Waals surface area (Å²) < 4.78 is 56.5. The molecule has 0 amide bonds. The molecule has 0 aliphatic carbocycles. The summed E-state index contributed by atoms with van der Waals surface area (Å²) in [6.07, 6.45) is 2.33. The Kier molecular flexibility index (Phi) is 11.4. The predicted octanol–water partition coefficient (Wildman–Crippen LogP) is 2.92. The van der Waals surface area contributed by atoms with Gasteiger partial charge < -0.3 is 18.6 Å². The maximum Gasteiger partial charge on any atom is 0.356 e. The van der Waals surface area contributed by atoms with Crippen LogP contribution in [0.15, 0.2) is 22.2 Å². The Bertz CT molecular complexity index is 1140. The number of esters is 2. The molecule has 188 valence electrons. The molecule has 2 aromatic rings. The average Bonchev–Trinajstić information content (AvgIpc) is 3.11. The van der Waals surface area contributed by atoms with E-state index in [2.05, 4.69) is 0 Å². The van der Waals surface area contributed by atoms with Gasteiger partial charge in [-0.1, -0.05) is 30.6 Å². The number of halogens is 3. The molecule has 11 nitrogen and oxygen atoms in total. The van der Waals surface area contributed by atoms with Crippen LogP contribution in [0.1, 0.15) is 42.3 Å². The van der Waals surface area contributed by atoms with Crippen molar-refractivity contribution in [3.05, 3.63) is 33.8 Å². The molecular formula is C17H24Cl3N3O8S2. The summed E-state index contributed by atoms with van der Waals surface area (Å²) in [5.74, 6) is -1.38. The number of carbonyl (C=O) groups excluding carboxylic acids is 2. The van der Waals surface area contributed by atoms with Crippen molar-refractivity contribution in [2.75, 3.05) is 13.2 Å². The standard InChI is InChI=1S/C8H9Cl2NO4S.C8H11ClN2O4S.CH4/c2*1-3-15-8(12)7-6(9)5(4-11(7)2)16(10,13)14;/h4H,3H2,1-2H3;4H,3H2,1-2H3,(H2,10,13,14);1H4. The van der Waals surface area contributed by atoms with Crippen molar-refractivity contribution in [2.24, 2.45) is 19.2 Å². The number of carbonyl (C=O) groups is 2. The highest BCUT2D eigenvalue weighted by Crippen LogP contribution is 2.30. The van der Waals surface area contributed by atoms with E-state index in [0.29, 0.717) is 0 Å². The Hall–Kier alpha value is -1.77. The highest BCUT2D eigenvalue weighted by molar-refractivity contribution is 8.13. The van der Waals surface area contributed by atoms with E-state index in [4.69, 9.17) is 48.5 Å². The fourth-order valence-electron chi connectivity index (χ4n) is 2.37. The van der Waals surface area contributed by atoms with Crippen molar-refractivity contribution in [3.8, 4) is 0 Å². The van der Waals surface area contributed by atoms with Crippen LogP contribution in [0.4, 0.5) is 0 Å². The zero-order chi connectivity index (χ0) is 25.0. The van der Waals surface area contributed by atoms with Crippen LogP contribution in [0.25, 0.3) is 0 Å². The SMILES string of the molecule is C.CCOC(=O)c1c(Cl)c(S(=O)(=O)Cl)cn1C.CCOC(=O)c1c(Cl)c(S(N)(=O)=O)cn1C. The van der Waals surface area contributed by atoms with Gasteiger partial charge in [0.15, 0.2) is 0 Å². The smallest absolute Gasteiger partial charge is 0.356 e. The molecule has 16 heteroatoms. The third kappa shape index (κ3) is 7.62. The van der Waals surface area contributed by atoms with Gasteiger partial charge in [-0.15, -0.1) is 0 Å². The van der Waals surface area contributed by atoms with Gasteiger partial charge in [-0.3, -0.25) is 0 Å². The summed E-state index contributed by atoms with van der Waals surface area (Å²) in [6.45, 7) is 3.61. The molecular weight excluding hydrogens is 545 g/mol. The molecule has 2 N–H and O–H groups in total. The molecule has 0 saturated carbocycles.